The van der Waals surface area contributed by atoms with Crippen molar-refractivity contribution in [3.63, 3.8) is 0 Å². The third-order valence-corrected chi connectivity index (χ3v) is 4.54. The van der Waals surface area contributed by atoms with Gasteiger partial charge >= 0.3 is 5.97 Å². The number of carbonyl (C=O) groups is 1. The summed E-state index contributed by atoms with van der Waals surface area (Å²) < 4.78 is 25.0. The van der Waals surface area contributed by atoms with E-state index in [1.807, 2.05) is 26.0 Å². The van der Waals surface area contributed by atoms with Gasteiger partial charge in [-0.05, 0) is 61.2 Å². The van der Waals surface area contributed by atoms with Gasteiger partial charge < -0.3 is 14.4 Å². The van der Waals surface area contributed by atoms with E-state index in [2.05, 4.69) is 5.16 Å². The molecule has 0 amide bonds. The monoisotopic (exact) mass is 403 g/mol. The highest BCUT2D eigenvalue weighted by Crippen LogP contribution is 2.30. The third-order valence-electron chi connectivity index (χ3n) is 4.32. The minimum absolute atomic E-state index is 0.121. The number of nitrogens with zero attached hydrogens (tertiary/aromatic N) is 1. The summed E-state index contributed by atoms with van der Waals surface area (Å²) >= 11 is 6.25. The van der Waals surface area contributed by atoms with Crippen LogP contribution in [0.1, 0.15) is 29.0 Å². The molecule has 0 saturated heterocycles. The second-order valence-electron chi connectivity index (χ2n) is 6.48. The number of hydrogen-bond acceptors (Lipinski definition) is 4. The van der Waals surface area contributed by atoms with Gasteiger partial charge in [-0.1, -0.05) is 22.8 Å². The van der Waals surface area contributed by atoms with Gasteiger partial charge in [0, 0.05) is 23.1 Å². The van der Waals surface area contributed by atoms with Gasteiger partial charge in [-0.15, -0.1) is 0 Å². The van der Waals surface area contributed by atoms with Crippen LogP contribution in [-0.4, -0.2) is 16.2 Å². The minimum Gasteiger partial charge on any atom is -0.489 e. The molecule has 28 heavy (non-hydrogen) atoms. The summed E-state index contributed by atoms with van der Waals surface area (Å²) in [6, 6.07) is 9.96. The van der Waals surface area contributed by atoms with Gasteiger partial charge in [0.25, 0.3) is 0 Å². The number of hydrogen-bond donors (Lipinski definition) is 1. The minimum atomic E-state index is -0.963. The lowest BCUT2D eigenvalue weighted by Gasteiger charge is -2.10. The van der Waals surface area contributed by atoms with Crippen molar-refractivity contribution in [1.82, 2.24) is 5.16 Å². The Bertz CT molecular complexity index is 996. The van der Waals surface area contributed by atoms with Crippen LogP contribution < -0.4 is 4.74 Å². The van der Waals surface area contributed by atoms with Crippen LogP contribution in [0, 0.1) is 19.7 Å². The van der Waals surface area contributed by atoms with Gasteiger partial charge in [0.2, 0.25) is 0 Å². The second kappa shape index (κ2) is 8.44. The van der Waals surface area contributed by atoms with E-state index < -0.39 is 11.8 Å². The van der Waals surface area contributed by atoms with Crippen LogP contribution in [0.25, 0.3) is 11.1 Å². The topological polar surface area (TPSA) is 72.6 Å². The standard InChI is InChI=1S/C21H19ClFNO4/c1-12-21(13(2)28-24-12)16-7-14(8-17(22)9-16)11-27-18-5-3-15(19(23)10-18)4-6-20(25)26/h3,5,7-10H,4,6,11H2,1-2H3,(H,25,26). The number of aromatic nitrogens is 1. The summed E-state index contributed by atoms with van der Waals surface area (Å²) in [5, 5.41) is 13.2. The molecule has 146 valence electrons. The van der Waals surface area contributed by atoms with Crippen molar-refractivity contribution in [1.29, 1.82) is 0 Å². The fraction of sp³-hybridized carbons (Fsp3) is 0.238. The molecule has 5 nitrogen and oxygen atoms in total. The Kier molecular flexibility index (Phi) is 5.99. The summed E-state index contributed by atoms with van der Waals surface area (Å²) in [4.78, 5) is 10.6. The molecule has 0 bridgehead atoms. The van der Waals surface area contributed by atoms with Gasteiger partial charge in [-0.25, -0.2) is 4.39 Å². The van der Waals surface area contributed by atoms with Gasteiger partial charge in [-0.2, -0.15) is 0 Å². The second-order valence-corrected chi connectivity index (χ2v) is 6.92. The lowest BCUT2D eigenvalue weighted by molar-refractivity contribution is -0.136. The van der Waals surface area contributed by atoms with E-state index in [0.717, 1.165) is 22.4 Å². The predicted octanol–water partition coefficient (Wildman–Crippen LogP) is 5.35. The number of halogens is 2. The molecule has 0 aliphatic heterocycles. The first-order valence-corrected chi connectivity index (χ1v) is 9.07. The zero-order valence-electron chi connectivity index (χ0n) is 15.5. The molecule has 7 heteroatoms. The molecule has 0 fully saturated rings. The average Bonchev–Trinajstić information content (AvgIpc) is 2.97. The number of aliphatic carboxylic acids is 1. The smallest absolute Gasteiger partial charge is 0.303 e. The van der Waals surface area contributed by atoms with Crippen molar-refractivity contribution in [2.75, 3.05) is 0 Å². The van der Waals surface area contributed by atoms with Crippen LogP contribution in [0.2, 0.25) is 5.02 Å². The molecule has 0 spiro atoms. The van der Waals surface area contributed by atoms with Crippen LogP contribution in [0.3, 0.4) is 0 Å². The molecule has 0 radical (unpaired) electrons. The molecule has 0 aliphatic rings. The van der Waals surface area contributed by atoms with E-state index >= 15 is 0 Å². The van der Waals surface area contributed by atoms with Crippen molar-refractivity contribution in [3.8, 4) is 16.9 Å². The van der Waals surface area contributed by atoms with Crippen molar-refractivity contribution >= 4 is 17.6 Å². The Hall–Kier alpha value is -2.86. The van der Waals surface area contributed by atoms with Gasteiger partial charge in [0.1, 0.15) is 23.9 Å². The third kappa shape index (κ3) is 4.70. The van der Waals surface area contributed by atoms with Gasteiger partial charge in [0.05, 0.1) is 5.69 Å². The molecule has 0 unspecified atom stereocenters. The van der Waals surface area contributed by atoms with Crippen molar-refractivity contribution in [2.45, 2.75) is 33.3 Å². The fourth-order valence-corrected chi connectivity index (χ4v) is 3.26. The number of ether oxygens (including phenoxy) is 1. The number of carboxylic acids is 1. The Balaban J connectivity index is 1.74. The summed E-state index contributed by atoms with van der Waals surface area (Å²) in [6.07, 6.45) is 0.0145. The summed E-state index contributed by atoms with van der Waals surface area (Å²) in [7, 11) is 0. The number of carboxylic acid groups (broad SMARTS) is 1. The molecule has 1 aromatic heterocycles. The molecule has 0 atom stereocenters. The largest absolute Gasteiger partial charge is 0.489 e. The summed E-state index contributed by atoms with van der Waals surface area (Å²) in [5.74, 6) is -0.392. The van der Waals surface area contributed by atoms with Gasteiger partial charge in [0.15, 0.2) is 0 Å². The molecule has 0 aliphatic carbocycles. The Morgan fingerprint density at radius 3 is 2.68 bits per heavy atom. The van der Waals surface area contributed by atoms with E-state index in [1.54, 1.807) is 18.2 Å². The van der Waals surface area contributed by atoms with Crippen LogP contribution >= 0.6 is 11.6 Å². The van der Waals surface area contributed by atoms with Crippen molar-refractivity contribution in [2.24, 2.45) is 0 Å². The first-order chi connectivity index (χ1) is 13.3. The fourth-order valence-electron chi connectivity index (χ4n) is 3.00. The first kappa shape index (κ1) is 19.9. The highest BCUT2D eigenvalue weighted by Gasteiger charge is 2.13. The zero-order valence-corrected chi connectivity index (χ0v) is 16.2. The maximum atomic E-state index is 14.1. The van der Waals surface area contributed by atoms with E-state index in [0.29, 0.717) is 22.1 Å². The molecule has 1 N–H and O–H groups in total. The quantitative estimate of drug-likeness (QED) is 0.575. The van der Waals surface area contributed by atoms with Crippen LogP contribution in [0.15, 0.2) is 40.9 Å². The number of aryl methyl sites for hydroxylation is 3. The Labute approximate surface area is 166 Å². The molecule has 0 saturated carbocycles. The molecular formula is C21H19ClFNO4. The van der Waals surface area contributed by atoms with Crippen LogP contribution in [0.5, 0.6) is 5.75 Å². The number of rotatable bonds is 7. The zero-order chi connectivity index (χ0) is 20.3. The Morgan fingerprint density at radius 1 is 1.25 bits per heavy atom. The van der Waals surface area contributed by atoms with Crippen LogP contribution in [-0.2, 0) is 17.8 Å². The van der Waals surface area contributed by atoms with E-state index in [4.69, 9.17) is 26.0 Å². The highest BCUT2D eigenvalue weighted by atomic mass is 35.5. The van der Waals surface area contributed by atoms with Gasteiger partial charge in [-0.3, -0.25) is 4.79 Å². The molecule has 1 heterocycles. The maximum absolute atomic E-state index is 14.1. The van der Waals surface area contributed by atoms with E-state index in [-0.39, 0.29) is 19.4 Å². The summed E-state index contributed by atoms with van der Waals surface area (Å²) in [5.41, 5.74) is 3.69. The SMILES string of the molecule is Cc1noc(C)c1-c1cc(Cl)cc(COc2ccc(CCC(=O)O)c(F)c2)c1. The predicted molar refractivity (Wildman–Crippen MR) is 103 cm³/mol. The Morgan fingerprint density at radius 2 is 2.04 bits per heavy atom. The van der Waals surface area contributed by atoms with E-state index in [1.165, 1.54) is 6.07 Å². The van der Waals surface area contributed by atoms with Crippen molar-refractivity contribution < 1.29 is 23.6 Å². The molecule has 3 aromatic rings. The molecule has 3 rings (SSSR count). The lowest BCUT2D eigenvalue weighted by Crippen LogP contribution is -2.01. The van der Waals surface area contributed by atoms with E-state index in [9.17, 15) is 9.18 Å². The number of benzene rings is 2. The molecule has 2 aromatic carbocycles. The highest BCUT2D eigenvalue weighted by molar-refractivity contribution is 6.31. The van der Waals surface area contributed by atoms with Crippen molar-refractivity contribution in [3.05, 3.63) is 69.8 Å². The lowest BCUT2D eigenvalue weighted by atomic mass is 10.0. The van der Waals surface area contributed by atoms with Crippen LogP contribution in [0.4, 0.5) is 4.39 Å². The maximum Gasteiger partial charge on any atom is 0.303 e. The summed E-state index contributed by atoms with van der Waals surface area (Å²) in [6.45, 7) is 3.89. The first-order valence-electron chi connectivity index (χ1n) is 8.69. The normalized spacial score (nSPS) is 10.9. The molecular weight excluding hydrogens is 385 g/mol. The average molecular weight is 404 g/mol.